The van der Waals surface area contributed by atoms with Gasteiger partial charge in [0.05, 0.1) is 13.7 Å². The second-order valence-electron chi connectivity index (χ2n) is 8.43. The van der Waals surface area contributed by atoms with E-state index in [1.54, 1.807) is 6.07 Å². The van der Waals surface area contributed by atoms with Gasteiger partial charge in [-0.25, -0.2) is 9.37 Å². The van der Waals surface area contributed by atoms with Gasteiger partial charge in [0.25, 0.3) is 5.91 Å². The third kappa shape index (κ3) is 7.42. The third-order valence-electron chi connectivity index (χ3n) is 5.79. The van der Waals surface area contributed by atoms with Crippen LogP contribution in [0.15, 0.2) is 60.8 Å². The monoisotopic (exact) mass is 510 g/mol. The zero-order chi connectivity index (χ0) is 26.8. The molecule has 37 heavy (non-hydrogen) atoms. The molecular weight excluding hydrogens is 479 g/mol. The van der Waals surface area contributed by atoms with Crippen LogP contribution in [0.4, 0.5) is 4.39 Å². The molecule has 3 rings (SSSR count). The molecule has 2 unspecified atom stereocenters. The summed E-state index contributed by atoms with van der Waals surface area (Å²) < 4.78 is 30.4. The van der Waals surface area contributed by atoms with Gasteiger partial charge in [-0.2, -0.15) is 0 Å². The Morgan fingerprint density at radius 3 is 2.57 bits per heavy atom. The summed E-state index contributed by atoms with van der Waals surface area (Å²) in [5, 5.41) is 12.6. The molecule has 0 aliphatic carbocycles. The molecule has 0 fully saturated rings. The summed E-state index contributed by atoms with van der Waals surface area (Å²) in [6.07, 6.45) is 1.70. The molecule has 0 spiro atoms. The maximum Gasteiger partial charge on any atom is 0.325 e. The van der Waals surface area contributed by atoms with Gasteiger partial charge in [0.15, 0.2) is 17.2 Å². The van der Waals surface area contributed by atoms with Crippen molar-refractivity contribution in [2.75, 3.05) is 20.3 Å². The molecule has 1 aromatic heterocycles. The van der Waals surface area contributed by atoms with Gasteiger partial charge < -0.3 is 24.6 Å². The smallest absolute Gasteiger partial charge is 0.325 e. The SMILES string of the molecule is CCCOc1cc(F)ccc1CC(OC(=O)CNC(=O)c1nccc(OC)c1O)C(C)c1ccccc1. The Balaban J connectivity index is 1.76. The van der Waals surface area contributed by atoms with E-state index in [4.69, 9.17) is 14.2 Å². The van der Waals surface area contributed by atoms with Crippen molar-refractivity contribution < 1.29 is 33.3 Å². The highest BCUT2D eigenvalue weighted by atomic mass is 19.1. The van der Waals surface area contributed by atoms with Crippen LogP contribution in [-0.4, -0.2) is 48.3 Å². The van der Waals surface area contributed by atoms with Gasteiger partial charge in [-0.05, 0) is 23.6 Å². The lowest BCUT2D eigenvalue weighted by Gasteiger charge is -2.26. The fourth-order valence-corrected chi connectivity index (χ4v) is 3.77. The fraction of sp³-hybridized carbons (Fsp3) is 0.321. The van der Waals surface area contributed by atoms with E-state index in [2.05, 4.69) is 10.3 Å². The molecule has 0 aliphatic rings. The number of carbonyl (C=O) groups excluding carboxylic acids is 2. The van der Waals surface area contributed by atoms with Crippen LogP contribution >= 0.6 is 0 Å². The minimum Gasteiger partial charge on any atom is -0.503 e. The van der Waals surface area contributed by atoms with Crippen LogP contribution in [0.2, 0.25) is 0 Å². The van der Waals surface area contributed by atoms with E-state index in [1.807, 2.05) is 44.2 Å². The molecule has 2 atom stereocenters. The summed E-state index contributed by atoms with van der Waals surface area (Å²) in [7, 11) is 1.35. The lowest BCUT2D eigenvalue weighted by Crippen LogP contribution is -2.35. The maximum absolute atomic E-state index is 13.9. The van der Waals surface area contributed by atoms with Crippen molar-refractivity contribution in [1.29, 1.82) is 0 Å². The minimum absolute atomic E-state index is 0.0832. The van der Waals surface area contributed by atoms with E-state index in [1.165, 1.54) is 31.5 Å². The van der Waals surface area contributed by atoms with Crippen molar-refractivity contribution in [2.45, 2.75) is 38.7 Å². The average Bonchev–Trinajstić information content (AvgIpc) is 2.91. The number of nitrogens with one attached hydrogen (secondary N) is 1. The molecule has 8 nitrogen and oxygen atoms in total. The number of hydrogen-bond acceptors (Lipinski definition) is 7. The molecule has 196 valence electrons. The Morgan fingerprint density at radius 1 is 1.11 bits per heavy atom. The summed E-state index contributed by atoms with van der Waals surface area (Å²) in [5.41, 5.74) is 1.38. The molecule has 0 radical (unpaired) electrons. The highest BCUT2D eigenvalue weighted by Gasteiger charge is 2.26. The van der Waals surface area contributed by atoms with Crippen LogP contribution < -0.4 is 14.8 Å². The lowest BCUT2D eigenvalue weighted by molar-refractivity contribution is -0.148. The van der Waals surface area contributed by atoms with Crippen LogP contribution in [0.1, 0.15) is 47.8 Å². The van der Waals surface area contributed by atoms with Crippen LogP contribution in [-0.2, 0) is 16.0 Å². The Bertz CT molecular complexity index is 1200. The first kappa shape index (κ1) is 27.4. The molecule has 2 N–H and O–H groups in total. The van der Waals surface area contributed by atoms with Gasteiger partial charge in [-0.3, -0.25) is 9.59 Å². The molecule has 0 saturated heterocycles. The first-order valence-electron chi connectivity index (χ1n) is 12.0. The third-order valence-corrected chi connectivity index (χ3v) is 5.79. The topological polar surface area (TPSA) is 107 Å². The summed E-state index contributed by atoms with van der Waals surface area (Å²) in [6, 6.07) is 15.2. The lowest BCUT2D eigenvalue weighted by atomic mass is 9.90. The predicted octanol–water partition coefficient (Wildman–Crippen LogP) is 4.41. The molecule has 3 aromatic rings. The largest absolute Gasteiger partial charge is 0.503 e. The zero-order valence-corrected chi connectivity index (χ0v) is 21.1. The summed E-state index contributed by atoms with van der Waals surface area (Å²) >= 11 is 0. The summed E-state index contributed by atoms with van der Waals surface area (Å²) in [5.74, 6) is -2.01. The first-order valence-corrected chi connectivity index (χ1v) is 12.0. The van der Waals surface area contributed by atoms with Crippen molar-refractivity contribution in [3.63, 3.8) is 0 Å². The molecular formula is C28H31FN2O6. The van der Waals surface area contributed by atoms with Crippen molar-refractivity contribution in [1.82, 2.24) is 10.3 Å². The normalized spacial score (nSPS) is 12.3. The number of pyridine rings is 1. The molecule has 2 aromatic carbocycles. The van der Waals surface area contributed by atoms with Crippen molar-refractivity contribution >= 4 is 11.9 Å². The van der Waals surface area contributed by atoms with Gasteiger partial charge in [-0.15, -0.1) is 0 Å². The number of hydrogen-bond donors (Lipinski definition) is 2. The van der Waals surface area contributed by atoms with Gasteiger partial charge in [0.2, 0.25) is 0 Å². The van der Waals surface area contributed by atoms with Crippen LogP contribution in [0.3, 0.4) is 0 Å². The van der Waals surface area contributed by atoms with E-state index in [0.29, 0.717) is 17.9 Å². The Kier molecular flexibility index (Phi) is 9.83. The number of aromatic hydroxyl groups is 1. The number of esters is 1. The zero-order valence-electron chi connectivity index (χ0n) is 21.1. The average molecular weight is 511 g/mol. The second-order valence-corrected chi connectivity index (χ2v) is 8.43. The molecule has 1 amide bonds. The van der Waals surface area contributed by atoms with Crippen LogP contribution in [0.25, 0.3) is 0 Å². The quantitative estimate of drug-likeness (QED) is 0.348. The van der Waals surface area contributed by atoms with Crippen LogP contribution in [0.5, 0.6) is 17.2 Å². The number of benzene rings is 2. The number of ether oxygens (including phenoxy) is 3. The number of amides is 1. The van der Waals surface area contributed by atoms with Gasteiger partial charge in [-0.1, -0.05) is 50.2 Å². The number of aromatic nitrogens is 1. The minimum atomic E-state index is -0.755. The van der Waals surface area contributed by atoms with Gasteiger partial charge in [0.1, 0.15) is 24.2 Å². The van der Waals surface area contributed by atoms with Crippen LogP contribution in [0, 0.1) is 5.82 Å². The molecule has 9 heteroatoms. The van der Waals surface area contributed by atoms with E-state index in [-0.39, 0.29) is 23.8 Å². The summed E-state index contributed by atoms with van der Waals surface area (Å²) in [6.45, 7) is 3.86. The van der Waals surface area contributed by atoms with E-state index >= 15 is 0 Å². The second kappa shape index (κ2) is 13.2. The Morgan fingerprint density at radius 2 is 1.86 bits per heavy atom. The maximum atomic E-state index is 13.9. The number of rotatable bonds is 12. The van der Waals surface area contributed by atoms with Crippen molar-refractivity contribution in [2.24, 2.45) is 0 Å². The highest BCUT2D eigenvalue weighted by Crippen LogP contribution is 2.29. The molecule has 0 aliphatic heterocycles. The molecule has 0 saturated carbocycles. The number of nitrogens with zero attached hydrogens (tertiary/aromatic N) is 1. The fourth-order valence-electron chi connectivity index (χ4n) is 3.77. The van der Waals surface area contributed by atoms with Gasteiger partial charge in [0, 0.05) is 30.7 Å². The highest BCUT2D eigenvalue weighted by molar-refractivity contribution is 5.97. The number of carbonyl (C=O) groups is 2. The van der Waals surface area contributed by atoms with E-state index < -0.39 is 36.1 Å². The predicted molar refractivity (Wildman–Crippen MR) is 135 cm³/mol. The standard InChI is InChI=1S/C28H31FN2O6/c1-4-14-36-24-16-21(29)11-10-20(24)15-23(18(2)19-8-6-5-7-9-19)37-25(32)17-31-28(34)26-27(33)22(35-3)12-13-30-26/h5-13,16,18,23,33H,4,14-15,17H2,1-3H3,(H,31,34). The first-order chi connectivity index (χ1) is 17.8. The Labute approximate surface area is 215 Å². The van der Waals surface area contributed by atoms with Gasteiger partial charge >= 0.3 is 5.97 Å². The van der Waals surface area contributed by atoms with E-state index in [9.17, 15) is 19.1 Å². The Hall–Kier alpha value is -4.14. The van der Waals surface area contributed by atoms with Crippen molar-refractivity contribution in [3.05, 3.63) is 83.4 Å². The summed E-state index contributed by atoms with van der Waals surface area (Å²) in [4.78, 5) is 29.1. The molecule has 0 bridgehead atoms. The van der Waals surface area contributed by atoms with Crippen molar-refractivity contribution in [3.8, 4) is 17.2 Å². The van der Waals surface area contributed by atoms with E-state index in [0.717, 1.165) is 12.0 Å². The molecule has 1 heterocycles. The number of methoxy groups -OCH3 is 1. The number of halogens is 1.